The van der Waals surface area contributed by atoms with E-state index in [9.17, 15) is 9.18 Å². The Morgan fingerprint density at radius 3 is 2.68 bits per heavy atom. The SMILES string of the molecule is Cc1nc(COc2ccccc2C(=O)NCc2ccc(F)cc2)cs1. The maximum absolute atomic E-state index is 12.9. The Kier molecular flexibility index (Phi) is 5.40. The minimum Gasteiger partial charge on any atom is -0.486 e. The van der Waals surface area contributed by atoms with Gasteiger partial charge in [0.2, 0.25) is 0 Å². The van der Waals surface area contributed by atoms with Crippen molar-refractivity contribution in [3.63, 3.8) is 0 Å². The zero-order valence-electron chi connectivity index (χ0n) is 13.7. The Morgan fingerprint density at radius 1 is 1.20 bits per heavy atom. The van der Waals surface area contributed by atoms with Gasteiger partial charge in [-0.05, 0) is 36.8 Å². The Bertz CT molecular complexity index is 862. The fourth-order valence-corrected chi connectivity index (χ4v) is 2.88. The Hall–Kier alpha value is -2.73. The number of hydrogen-bond acceptors (Lipinski definition) is 4. The molecule has 0 aliphatic heterocycles. The van der Waals surface area contributed by atoms with Crippen LogP contribution in [0.25, 0.3) is 0 Å². The van der Waals surface area contributed by atoms with Gasteiger partial charge in [-0.3, -0.25) is 4.79 Å². The molecule has 0 unspecified atom stereocenters. The normalized spacial score (nSPS) is 10.5. The van der Waals surface area contributed by atoms with Crippen LogP contribution in [-0.2, 0) is 13.2 Å². The number of amides is 1. The molecule has 2 aromatic carbocycles. The van der Waals surface area contributed by atoms with E-state index in [1.54, 1.807) is 41.7 Å². The van der Waals surface area contributed by atoms with Crippen LogP contribution >= 0.6 is 11.3 Å². The number of nitrogens with one attached hydrogen (secondary N) is 1. The van der Waals surface area contributed by atoms with Gasteiger partial charge in [0.1, 0.15) is 18.2 Å². The van der Waals surface area contributed by atoms with Gasteiger partial charge in [0.05, 0.1) is 16.3 Å². The van der Waals surface area contributed by atoms with Crippen LogP contribution in [0.5, 0.6) is 5.75 Å². The molecule has 0 atom stereocenters. The third kappa shape index (κ3) is 4.64. The van der Waals surface area contributed by atoms with Crippen molar-refractivity contribution >= 4 is 17.2 Å². The summed E-state index contributed by atoms with van der Waals surface area (Å²) in [6.07, 6.45) is 0. The van der Waals surface area contributed by atoms with E-state index >= 15 is 0 Å². The molecule has 0 radical (unpaired) electrons. The van der Waals surface area contributed by atoms with Crippen molar-refractivity contribution in [3.05, 3.63) is 81.6 Å². The average Bonchev–Trinajstić information content (AvgIpc) is 3.05. The van der Waals surface area contributed by atoms with E-state index in [2.05, 4.69) is 10.3 Å². The number of para-hydroxylation sites is 1. The fraction of sp³-hybridized carbons (Fsp3) is 0.158. The second-order valence-corrected chi connectivity index (χ2v) is 6.51. The van der Waals surface area contributed by atoms with Crippen LogP contribution < -0.4 is 10.1 Å². The first-order chi connectivity index (χ1) is 12.1. The predicted octanol–water partition coefficient (Wildman–Crippen LogP) is 4.10. The number of thiazole rings is 1. The van der Waals surface area contributed by atoms with Gasteiger partial charge < -0.3 is 10.1 Å². The lowest BCUT2D eigenvalue weighted by atomic mass is 10.1. The second-order valence-electron chi connectivity index (χ2n) is 5.45. The first-order valence-corrected chi connectivity index (χ1v) is 8.65. The van der Waals surface area contributed by atoms with Gasteiger partial charge in [-0.25, -0.2) is 9.37 Å². The molecule has 6 heteroatoms. The molecular weight excluding hydrogens is 339 g/mol. The molecule has 1 heterocycles. The zero-order valence-corrected chi connectivity index (χ0v) is 14.5. The van der Waals surface area contributed by atoms with Crippen molar-refractivity contribution in [2.45, 2.75) is 20.1 Å². The van der Waals surface area contributed by atoms with Gasteiger partial charge in [0.15, 0.2) is 0 Å². The van der Waals surface area contributed by atoms with E-state index in [1.165, 1.54) is 12.1 Å². The molecule has 1 N–H and O–H groups in total. The summed E-state index contributed by atoms with van der Waals surface area (Å²) in [7, 11) is 0. The number of ether oxygens (including phenoxy) is 1. The summed E-state index contributed by atoms with van der Waals surface area (Å²) in [6, 6.07) is 13.1. The number of carbonyl (C=O) groups excluding carboxylic acids is 1. The number of carbonyl (C=O) groups is 1. The molecule has 0 saturated carbocycles. The molecule has 0 aliphatic carbocycles. The van der Waals surface area contributed by atoms with Crippen molar-refractivity contribution < 1.29 is 13.9 Å². The van der Waals surface area contributed by atoms with Gasteiger partial charge in [-0.15, -0.1) is 11.3 Å². The van der Waals surface area contributed by atoms with Crippen molar-refractivity contribution in [1.29, 1.82) is 0 Å². The first-order valence-electron chi connectivity index (χ1n) is 7.77. The van der Waals surface area contributed by atoms with Gasteiger partial charge in [0, 0.05) is 11.9 Å². The average molecular weight is 356 g/mol. The lowest BCUT2D eigenvalue weighted by Crippen LogP contribution is -2.23. The molecule has 0 fully saturated rings. The van der Waals surface area contributed by atoms with Crippen molar-refractivity contribution in [2.75, 3.05) is 0 Å². The fourth-order valence-electron chi connectivity index (χ4n) is 2.29. The number of rotatable bonds is 6. The molecule has 1 amide bonds. The van der Waals surface area contributed by atoms with Crippen LogP contribution in [0.15, 0.2) is 53.9 Å². The summed E-state index contributed by atoms with van der Waals surface area (Å²) < 4.78 is 18.7. The first kappa shape index (κ1) is 17.1. The molecule has 3 aromatic rings. The smallest absolute Gasteiger partial charge is 0.255 e. The van der Waals surface area contributed by atoms with Gasteiger partial charge >= 0.3 is 0 Å². The Balaban J connectivity index is 1.64. The Labute approximate surface area is 149 Å². The summed E-state index contributed by atoms with van der Waals surface area (Å²) in [6.45, 7) is 2.57. The molecule has 0 spiro atoms. The summed E-state index contributed by atoms with van der Waals surface area (Å²) in [5.41, 5.74) is 2.12. The van der Waals surface area contributed by atoms with Crippen LogP contribution in [0, 0.1) is 12.7 Å². The van der Waals surface area contributed by atoms with Crippen LogP contribution in [0.1, 0.15) is 26.6 Å². The topological polar surface area (TPSA) is 51.2 Å². The van der Waals surface area contributed by atoms with Crippen LogP contribution in [0.4, 0.5) is 4.39 Å². The quantitative estimate of drug-likeness (QED) is 0.723. The summed E-state index contributed by atoms with van der Waals surface area (Å²) in [5, 5.41) is 5.74. The minimum absolute atomic E-state index is 0.241. The molecule has 4 nitrogen and oxygen atoms in total. The number of aryl methyl sites for hydroxylation is 1. The highest BCUT2D eigenvalue weighted by Gasteiger charge is 2.12. The third-order valence-corrected chi connectivity index (χ3v) is 4.36. The monoisotopic (exact) mass is 356 g/mol. The van der Waals surface area contributed by atoms with Crippen LogP contribution in [0.2, 0.25) is 0 Å². The van der Waals surface area contributed by atoms with Crippen molar-refractivity contribution in [3.8, 4) is 5.75 Å². The zero-order chi connectivity index (χ0) is 17.6. The van der Waals surface area contributed by atoms with Gasteiger partial charge in [0.25, 0.3) is 5.91 Å². The lowest BCUT2D eigenvalue weighted by molar-refractivity contribution is 0.0946. The standard InChI is InChI=1S/C19H17FN2O2S/c1-13-22-16(12-25-13)11-24-18-5-3-2-4-17(18)19(23)21-10-14-6-8-15(20)9-7-14/h2-9,12H,10-11H2,1H3,(H,21,23). The molecular formula is C19H17FN2O2S. The maximum atomic E-state index is 12.9. The van der Waals surface area contributed by atoms with E-state index < -0.39 is 0 Å². The molecule has 1 aromatic heterocycles. The lowest BCUT2D eigenvalue weighted by Gasteiger charge is -2.11. The molecule has 25 heavy (non-hydrogen) atoms. The molecule has 0 bridgehead atoms. The summed E-state index contributed by atoms with van der Waals surface area (Å²) >= 11 is 1.56. The molecule has 128 valence electrons. The molecule has 3 rings (SSSR count). The number of nitrogens with zero attached hydrogens (tertiary/aromatic N) is 1. The number of halogens is 1. The van der Waals surface area contributed by atoms with E-state index in [-0.39, 0.29) is 11.7 Å². The van der Waals surface area contributed by atoms with E-state index in [1.807, 2.05) is 18.4 Å². The summed E-state index contributed by atoms with van der Waals surface area (Å²) in [5.74, 6) is -0.0368. The number of benzene rings is 2. The van der Waals surface area contributed by atoms with Gasteiger partial charge in [-0.2, -0.15) is 0 Å². The highest BCUT2D eigenvalue weighted by molar-refractivity contribution is 7.09. The highest BCUT2D eigenvalue weighted by Crippen LogP contribution is 2.20. The van der Waals surface area contributed by atoms with Crippen molar-refractivity contribution in [2.24, 2.45) is 0 Å². The van der Waals surface area contributed by atoms with Crippen LogP contribution in [-0.4, -0.2) is 10.9 Å². The Morgan fingerprint density at radius 2 is 1.96 bits per heavy atom. The van der Waals surface area contributed by atoms with Gasteiger partial charge in [-0.1, -0.05) is 24.3 Å². The minimum atomic E-state index is -0.300. The van der Waals surface area contributed by atoms with E-state index in [0.29, 0.717) is 24.5 Å². The highest BCUT2D eigenvalue weighted by atomic mass is 32.1. The predicted molar refractivity (Wildman–Crippen MR) is 95.2 cm³/mol. The van der Waals surface area contributed by atoms with Crippen LogP contribution in [0.3, 0.4) is 0 Å². The number of aromatic nitrogens is 1. The third-order valence-electron chi connectivity index (χ3n) is 3.54. The number of hydrogen-bond donors (Lipinski definition) is 1. The maximum Gasteiger partial charge on any atom is 0.255 e. The molecule has 0 saturated heterocycles. The molecule has 0 aliphatic rings. The van der Waals surface area contributed by atoms with E-state index in [0.717, 1.165) is 16.3 Å². The second kappa shape index (κ2) is 7.90. The van der Waals surface area contributed by atoms with E-state index in [4.69, 9.17) is 4.74 Å². The van der Waals surface area contributed by atoms with Crippen molar-refractivity contribution in [1.82, 2.24) is 10.3 Å². The summed E-state index contributed by atoms with van der Waals surface area (Å²) in [4.78, 5) is 16.8. The largest absolute Gasteiger partial charge is 0.486 e.